The van der Waals surface area contributed by atoms with Gasteiger partial charge in [-0.3, -0.25) is 9.69 Å². The van der Waals surface area contributed by atoms with Gasteiger partial charge in [0.25, 0.3) is 5.91 Å². The SMILES string of the molecule is Cc1nc(CN(C)C2CCCN(C(=O)c3ccoc3)CC2)no1. The summed E-state index contributed by atoms with van der Waals surface area (Å²) in [7, 11) is 2.07. The van der Waals surface area contributed by atoms with Crippen molar-refractivity contribution in [3.63, 3.8) is 0 Å². The smallest absolute Gasteiger partial charge is 0.257 e. The van der Waals surface area contributed by atoms with Gasteiger partial charge in [-0.1, -0.05) is 5.16 Å². The van der Waals surface area contributed by atoms with Crippen LogP contribution in [0.3, 0.4) is 0 Å². The molecule has 0 spiro atoms. The number of hydrogen-bond donors (Lipinski definition) is 0. The molecular weight excluding hydrogens is 296 g/mol. The Morgan fingerprint density at radius 1 is 1.43 bits per heavy atom. The zero-order valence-corrected chi connectivity index (χ0v) is 13.6. The minimum atomic E-state index is 0.0517. The lowest BCUT2D eigenvalue weighted by atomic mass is 10.1. The molecule has 0 radical (unpaired) electrons. The van der Waals surface area contributed by atoms with Crippen LogP contribution >= 0.6 is 0 Å². The number of aryl methyl sites for hydroxylation is 1. The van der Waals surface area contributed by atoms with Gasteiger partial charge in [-0.25, -0.2) is 0 Å². The number of carbonyl (C=O) groups excluding carboxylic acids is 1. The third kappa shape index (κ3) is 3.79. The molecule has 3 rings (SSSR count). The van der Waals surface area contributed by atoms with Crippen molar-refractivity contribution in [1.29, 1.82) is 0 Å². The third-order valence-corrected chi connectivity index (χ3v) is 4.34. The van der Waals surface area contributed by atoms with Crippen molar-refractivity contribution in [3.8, 4) is 0 Å². The van der Waals surface area contributed by atoms with E-state index in [0.717, 1.165) is 32.4 Å². The summed E-state index contributed by atoms with van der Waals surface area (Å²) in [6, 6.07) is 2.13. The summed E-state index contributed by atoms with van der Waals surface area (Å²) < 4.78 is 10.0. The molecule has 2 aromatic heterocycles. The monoisotopic (exact) mass is 318 g/mol. The van der Waals surface area contributed by atoms with E-state index in [1.54, 1.807) is 13.0 Å². The highest BCUT2D eigenvalue weighted by atomic mass is 16.5. The number of furan rings is 1. The maximum Gasteiger partial charge on any atom is 0.257 e. The van der Waals surface area contributed by atoms with Crippen molar-refractivity contribution in [2.24, 2.45) is 0 Å². The molecule has 3 heterocycles. The average Bonchev–Trinajstić information content (AvgIpc) is 3.13. The molecule has 0 aromatic carbocycles. The maximum atomic E-state index is 12.4. The average molecular weight is 318 g/mol. The standard InChI is InChI=1S/C16H22N4O3/c1-12-17-15(18-23-12)10-19(2)14-4-3-7-20(8-5-14)16(21)13-6-9-22-11-13/h6,9,11,14H,3-5,7-8,10H2,1-2H3. The summed E-state index contributed by atoms with van der Waals surface area (Å²) in [6.07, 6.45) is 6.03. The van der Waals surface area contributed by atoms with Crippen LogP contribution in [-0.4, -0.2) is 52.0 Å². The van der Waals surface area contributed by atoms with Gasteiger partial charge in [0.15, 0.2) is 5.82 Å². The van der Waals surface area contributed by atoms with Crippen LogP contribution in [0, 0.1) is 6.92 Å². The molecule has 1 aliphatic heterocycles. The Balaban J connectivity index is 1.56. The molecule has 2 aromatic rings. The first-order valence-corrected chi connectivity index (χ1v) is 7.94. The van der Waals surface area contributed by atoms with Gasteiger partial charge in [0.2, 0.25) is 5.89 Å². The summed E-state index contributed by atoms with van der Waals surface area (Å²) in [4.78, 5) is 20.8. The van der Waals surface area contributed by atoms with Crippen LogP contribution in [0.4, 0.5) is 0 Å². The number of aromatic nitrogens is 2. The highest BCUT2D eigenvalue weighted by Crippen LogP contribution is 2.19. The van der Waals surface area contributed by atoms with Crippen LogP contribution in [0.15, 0.2) is 27.5 Å². The second-order valence-electron chi connectivity index (χ2n) is 6.03. The van der Waals surface area contributed by atoms with E-state index >= 15 is 0 Å². The van der Waals surface area contributed by atoms with E-state index in [-0.39, 0.29) is 5.91 Å². The van der Waals surface area contributed by atoms with Gasteiger partial charge in [0.05, 0.1) is 18.4 Å². The molecule has 1 saturated heterocycles. The molecule has 1 unspecified atom stereocenters. The summed E-state index contributed by atoms with van der Waals surface area (Å²) in [6.45, 7) is 4.00. The lowest BCUT2D eigenvalue weighted by molar-refractivity contribution is 0.0756. The highest BCUT2D eigenvalue weighted by Gasteiger charge is 2.24. The van der Waals surface area contributed by atoms with E-state index in [1.165, 1.54) is 12.5 Å². The van der Waals surface area contributed by atoms with Crippen molar-refractivity contribution in [1.82, 2.24) is 19.9 Å². The quantitative estimate of drug-likeness (QED) is 0.859. The van der Waals surface area contributed by atoms with E-state index in [1.807, 2.05) is 4.90 Å². The fourth-order valence-corrected chi connectivity index (χ4v) is 3.05. The third-order valence-electron chi connectivity index (χ3n) is 4.34. The molecule has 1 atom stereocenters. The first-order chi connectivity index (χ1) is 11.1. The van der Waals surface area contributed by atoms with Crippen molar-refractivity contribution in [2.75, 3.05) is 20.1 Å². The van der Waals surface area contributed by atoms with Crippen LogP contribution in [0.2, 0.25) is 0 Å². The molecule has 23 heavy (non-hydrogen) atoms. The predicted octanol–water partition coefficient (Wildman–Crippen LogP) is 2.10. The molecule has 0 bridgehead atoms. The predicted molar refractivity (Wildman–Crippen MR) is 82.8 cm³/mol. The largest absolute Gasteiger partial charge is 0.472 e. The maximum absolute atomic E-state index is 12.4. The molecule has 1 amide bonds. The molecule has 124 valence electrons. The second-order valence-corrected chi connectivity index (χ2v) is 6.03. The molecule has 1 aliphatic rings. The lowest BCUT2D eigenvalue weighted by Gasteiger charge is -2.26. The Morgan fingerprint density at radius 3 is 3.00 bits per heavy atom. The summed E-state index contributed by atoms with van der Waals surface area (Å²) in [5.74, 6) is 1.35. The highest BCUT2D eigenvalue weighted by molar-refractivity contribution is 5.93. The molecule has 7 nitrogen and oxygen atoms in total. The molecule has 0 N–H and O–H groups in total. The Hall–Kier alpha value is -2.15. The first-order valence-electron chi connectivity index (χ1n) is 7.94. The van der Waals surface area contributed by atoms with Gasteiger partial charge in [-0.2, -0.15) is 4.98 Å². The lowest BCUT2D eigenvalue weighted by Crippen LogP contribution is -2.35. The van der Waals surface area contributed by atoms with Gasteiger partial charge >= 0.3 is 0 Å². The zero-order chi connectivity index (χ0) is 16.2. The van der Waals surface area contributed by atoms with E-state index in [0.29, 0.717) is 29.9 Å². The van der Waals surface area contributed by atoms with Gasteiger partial charge in [0, 0.05) is 26.1 Å². The number of rotatable bonds is 4. The Labute approximate surface area is 135 Å². The number of nitrogens with zero attached hydrogens (tertiary/aromatic N) is 4. The van der Waals surface area contributed by atoms with E-state index in [4.69, 9.17) is 8.94 Å². The van der Waals surface area contributed by atoms with Gasteiger partial charge in [-0.05, 0) is 32.4 Å². The van der Waals surface area contributed by atoms with Gasteiger partial charge in [-0.15, -0.1) is 0 Å². The summed E-state index contributed by atoms with van der Waals surface area (Å²) >= 11 is 0. The van der Waals surface area contributed by atoms with E-state index in [9.17, 15) is 4.79 Å². The molecule has 0 aliphatic carbocycles. The number of likely N-dealkylation sites (tertiary alicyclic amines) is 1. The van der Waals surface area contributed by atoms with Crippen molar-refractivity contribution < 1.29 is 13.7 Å². The fraction of sp³-hybridized carbons (Fsp3) is 0.562. The summed E-state index contributed by atoms with van der Waals surface area (Å²) in [5.41, 5.74) is 0.624. The number of amides is 1. The number of carbonyl (C=O) groups is 1. The number of hydrogen-bond acceptors (Lipinski definition) is 6. The Bertz CT molecular complexity index is 638. The van der Waals surface area contributed by atoms with E-state index < -0.39 is 0 Å². The zero-order valence-electron chi connectivity index (χ0n) is 13.6. The van der Waals surface area contributed by atoms with Crippen molar-refractivity contribution in [2.45, 2.75) is 38.8 Å². The van der Waals surface area contributed by atoms with Crippen LogP contribution in [0.1, 0.15) is 41.3 Å². The molecule has 7 heteroatoms. The van der Waals surface area contributed by atoms with Crippen LogP contribution in [0.25, 0.3) is 0 Å². The van der Waals surface area contributed by atoms with Crippen LogP contribution in [-0.2, 0) is 6.54 Å². The van der Waals surface area contributed by atoms with Crippen molar-refractivity contribution in [3.05, 3.63) is 35.9 Å². The van der Waals surface area contributed by atoms with Crippen LogP contribution < -0.4 is 0 Å². The normalized spacial score (nSPS) is 19.1. The van der Waals surface area contributed by atoms with Crippen LogP contribution in [0.5, 0.6) is 0 Å². The minimum absolute atomic E-state index is 0.0517. The van der Waals surface area contributed by atoms with E-state index in [2.05, 4.69) is 22.1 Å². The van der Waals surface area contributed by atoms with Gasteiger partial charge in [0.1, 0.15) is 6.26 Å². The van der Waals surface area contributed by atoms with Gasteiger partial charge < -0.3 is 13.8 Å². The molecule has 0 saturated carbocycles. The Morgan fingerprint density at radius 2 is 2.30 bits per heavy atom. The minimum Gasteiger partial charge on any atom is -0.472 e. The summed E-state index contributed by atoms with van der Waals surface area (Å²) in [5, 5.41) is 3.95. The molecular formula is C16H22N4O3. The fourth-order valence-electron chi connectivity index (χ4n) is 3.05. The first kappa shape index (κ1) is 15.7. The second kappa shape index (κ2) is 6.95. The molecule has 1 fully saturated rings. The van der Waals surface area contributed by atoms with Crippen molar-refractivity contribution >= 4 is 5.91 Å². The topological polar surface area (TPSA) is 75.6 Å². The Kier molecular flexibility index (Phi) is 4.76.